The number of anilines is 2. The summed E-state index contributed by atoms with van der Waals surface area (Å²) in [6.45, 7) is 6.31. The molecule has 2 unspecified atom stereocenters. The Hall–Kier alpha value is -3.65. The van der Waals surface area contributed by atoms with Crippen molar-refractivity contribution in [1.29, 1.82) is 0 Å². The smallest absolute Gasteiger partial charge is 0.282 e. The van der Waals surface area contributed by atoms with Gasteiger partial charge < -0.3 is 19.7 Å². The van der Waals surface area contributed by atoms with Crippen LogP contribution in [0, 0.1) is 0 Å². The maximum Gasteiger partial charge on any atom is 0.282 e. The van der Waals surface area contributed by atoms with Gasteiger partial charge in [0, 0.05) is 25.7 Å². The fourth-order valence-electron chi connectivity index (χ4n) is 4.39. The maximum atomic E-state index is 13.7. The lowest BCUT2D eigenvalue weighted by molar-refractivity contribution is -0.121. The van der Waals surface area contributed by atoms with Crippen LogP contribution in [0.3, 0.4) is 0 Å². The quantitative estimate of drug-likeness (QED) is 0.706. The van der Waals surface area contributed by atoms with E-state index in [1.54, 1.807) is 48.5 Å². The van der Waals surface area contributed by atoms with E-state index in [9.17, 15) is 14.4 Å². The molecule has 2 aromatic rings. The molecular weight excluding hydrogens is 422 g/mol. The maximum absolute atomic E-state index is 13.7. The van der Waals surface area contributed by atoms with Crippen molar-refractivity contribution in [2.75, 3.05) is 30.4 Å². The molecule has 0 bridgehead atoms. The average Bonchev–Trinajstić information content (AvgIpc) is 3.03. The number of imide groups is 1. The van der Waals surface area contributed by atoms with E-state index < -0.39 is 11.8 Å². The number of para-hydroxylation sites is 2. The fraction of sp³-hybridized carbons (Fsp3) is 0.320. The number of carbonyl (C=O) groups is 3. The van der Waals surface area contributed by atoms with Gasteiger partial charge in [0.05, 0.1) is 30.6 Å². The molecule has 0 saturated carbocycles. The summed E-state index contributed by atoms with van der Waals surface area (Å²) in [4.78, 5) is 42.0. The van der Waals surface area contributed by atoms with Gasteiger partial charge in [0.2, 0.25) is 5.91 Å². The lowest BCUT2D eigenvalue weighted by Gasteiger charge is -2.37. The van der Waals surface area contributed by atoms with Crippen molar-refractivity contribution in [1.82, 2.24) is 4.90 Å². The van der Waals surface area contributed by atoms with E-state index in [1.165, 1.54) is 18.9 Å². The zero-order valence-electron chi connectivity index (χ0n) is 19.1. The van der Waals surface area contributed by atoms with Gasteiger partial charge in [-0.15, -0.1) is 0 Å². The van der Waals surface area contributed by atoms with Gasteiger partial charge >= 0.3 is 0 Å². The Morgan fingerprint density at radius 1 is 1.00 bits per heavy atom. The van der Waals surface area contributed by atoms with Gasteiger partial charge in [-0.2, -0.15) is 0 Å². The summed E-state index contributed by atoms with van der Waals surface area (Å²) in [7, 11) is 1.51. The number of methoxy groups -OCH3 is 1. The SMILES string of the molecule is COc1ccccc1N1C(=O)C(c2ccc(NC(C)=O)cc2)=C(N2CC(C)OC(C)C2)C1=O. The van der Waals surface area contributed by atoms with Crippen molar-refractivity contribution in [3.05, 3.63) is 59.8 Å². The van der Waals surface area contributed by atoms with Crippen LogP contribution in [0.15, 0.2) is 54.2 Å². The Bertz CT molecular complexity index is 1120. The lowest BCUT2D eigenvalue weighted by atomic mass is 10.0. The highest BCUT2D eigenvalue weighted by Gasteiger charge is 2.44. The Labute approximate surface area is 192 Å². The topological polar surface area (TPSA) is 88.2 Å². The minimum absolute atomic E-state index is 0.0899. The number of morpholine rings is 1. The van der Waals surface area contributed by atoms with Gasteiger partial charge in [0.15, 0.2) is 0 Å². The van der Waals surface area contributed by atoms with Gasteiger partial charge in [0.1, 0.15) is 11.4 Å². The van der Waals surface area contributed by atoms with Gasteiger partial charge in [-0.25, -0.2) is 4.90 Å². The first kappa shape index (κ1) is 22.5. The zero-order valence-corrected chi connectivity index (χ0v) is 19.1. The Morgan fingerprint density at radius 3 is 2.24 bits per heavy atom. The molecule has 0 aromatic heterocycles. The second-order valence-corrected chi connectivity index (χ2v) is 8.26. The molecule has 2 aromatic carbocycles. The molecule has 2 aliphatic rings. The van der Waals surface area contributed by atoms with Gasteiger partial charge in [-0.3, -0.25) is 14.4 Å². The molecule has 2 heterocycles. The average molecular weight is 450 g/mol. The number of carbonyl (C=O) groups excluding carboxylic acids is 3. The van der Waals surface area contributed by atoms with Crippen LogP contribution in [0.5, 0.6) is 5.75 Å². The molecule has 2 aliphatic heterocycles. The summed E-state index contributed by atoms with van der Waals surface area (Å²) < 4.78 is 11.3. The summed E-state index contributed by atoms with van der Waals surface area (Å²) >= 11 is 0. The molecule has 1 fully saturated rings. The number of hydrogen-bond donors (Lipinski definition) is 1. The highest BCUT2D eigenvalue weighted by molar-refractivity contribution is 6.45. The number of nitrogens with one attached hydrogen (secondary N) is 1. The largest absolute Gasteiger partial charge is 0.495 e. The monoisotopic (exact) mass is 449 g/mol. The second kappa shape index (κ2) is 9.07. The van der Waals surface area contributed by atoms with E-state index in [4.69, 9.17) is 9.47 Å². The number of nitrogens with zero attached hydrogens (tertiary/aromatic N) is 2. The highest BCUT2D eigenvalue weighted by atomic mass is 16.5. The number of benzene rings is 2. The van der Waals surface area contributed by atoms with Crippen molar-refractivity contribution in [2.24, 2.45) is 0 Å². The Kier molecular flexibility index (Phi) is 6.20. The predicted octanol–water partition coefficient (Wildman–Crippen LogP) is 3.05. The number of rotatable bonds is 5. The molecule has 3 amide bonds. The summed E-state index contributed by atoms with van der Waals surface area (Å²) in [5.41, 5.74) is 2.27. The van der Waals surface area contributed by atoms with Crippen LogP contribution in [0.1, 0.15) is 26.3 Å². The molecule has 0 radical (unpaired) electrons. The first-order valence-corrected chi connectivity index (χ1v) is 10.8. The number of hydrogen-bond acceptors (Lipinski definition) is 6. The predicted molar refractivity (Wildman–Crippen MR) is 125 cm³/mol. The van der Waals surface area contributed by atoms with Crippen molar-refractivity contribution in [2.45, 2.75) is 33.0 Å². The molecule has 0 aliphatic carbocycles. The standard InChI is InChI=1S/C25H27N3O5/c1-15-13-27(14-16(2)33-15)23-22(18-9-11-19(12-10-18)26-17(3)29)24(30)28(25(23)31)20-7-5-6-8-21(20)32-4/h5-12,15-16H,13-14H2,1-4H3,(H,26,29). The number of ether oxygens (including phenoxy) is 2. The van der Waals surface area contributed by atoms with Crippen LogP contribution in [0.25, 0.3) is 5.57 Å². The zero-order chi connectivity index (χ0) is 23.7. The van der Waals surface area contributed by atoms with Crippen LogP contribution in [-0.2, 0) is 19.1 Å². The van der Waals surface area contributed by atoms with Crippen LogP contribution < -0.4 is 15.0 Å². The third kappa shape index (κ3) is 4.34. The summed E-state index contributed by atoms with van der Waals surface area (Å²) in [6.07, 6.45) is -0.180. The van der Waals surface area contributed by atoms with E-state index in [0.29, 0.717) is 47.0 Å². The van der Waals surface area contributed by atoms with Crippen molar-refractivity contribution < 1.29 is 23.9 Å². The molecule has 8 heteroatoms. The summed E-state index contributed by atoms with van der Waals surface area (Å²) in [5, 5.41) is 2.72. The van der Waals surface area contributed by atoms with Crippen LogP contribution >= 0.6 is 0 Å². The van der Waals surface area contributed by atoms with Crippen molar-refractivity contribution >= 4 is 34.7 Å². The van der Waals surface area contributed by atoms with E-state index in [0.717, 1.165) is 0 Å². The lowest BCUT2D eigenvalue weighted by Crippen LogP contribution is -2.47. The molecule has 8 nitrogen and oxygen atoms in total. The van der Waals surface area contributed by atoms with Gasteiger partial charge in [0.25, 0.3) is 11.8 Å². The minimum atomic E-state index is -0.418. The third-order valence-corrected chi connectivity index (χ3v) is 5.62. The van der Waals surface area contributed by atoms with E-state index in [2.05, 4.69) is 5.32 Å². The molecule has 1 N–H and O–H groups in total. The molecule has 0 spiro atoms. The minimum Gasteiger partial charge on any atom is -0.495 e. The Morgan fingerprint density at radius 2 is 1.64 bits per heavy atom. The van der Waals surface area contributed by atoms with E-state index in [-0.39, 0.29) is 18.1 Å². The van der Waals surface area contributed by atoms with Crippen LogP contribution in [-0.4, -0.2) is 55.0 Å². The highest BCUT2D eigenvalue weighted by Crippen LogP contribution is 2.39. The van der Waals surface area contributed by atoms with E-state index in [1.807, 2.05) is 18.7 Å². The van der Waals surface area contributed by atoms with Crippen molar-refractivity contribution in [3.63, 3.8) is 0 Å². The molecule has 1 saturated heterocycles. The van der Waals surface area contributed by atoms with Gasteiger partial charge in [-0.1, -0.05) is 24.3 Å². The summed E-state index contributed by atoms with van der Waals surface area (Å²) in [6, 6.07) is 13.9. The molecule has 172 valence electrons. The third-order valence-electron chi connectivity index (χ3n) is 5.62. The van der Waals surface area contributed by atoms with Crippen LogP contribution in [0.2, 0.25) is 0 Å². The first-order chi connectivity index (χ1) is 15.8. The molecule has 33 heavy (non-hydrogen) atoms. The second-order valence-electron chi connectivity index (χ2n) is 8.26. The normalized spacial score (nSPS) is 21.0. The van der Waals surface area contributed by atoms with Gasteiger partial charge in [-0.05, 0) is 43.7 Å². The molecule has 4 rings (SSSR count). The number of amides is 3. The van der Waals surface area contributed by atoms with Crippen LogP contribution in [0.4, 0.5) is 11.4 Å². The Balaban J connectivity index is 1.82. The molecular formula is C25H27N3O5. The summed E-state index contributed by atoms with van der Waals surface area (Å²) in [5.74, 6) is -0.566. The fourth-order valence-corrected chi connectivity index (χ4v) is 4.39. The van der Waals surface area contributed by atoms with Crippen molar-refractivity contribution in [3.8, 4) is 5.75 Å². The first-order valence-electron chi connectivity index (χ1n) is 10.8. The molecule has 2 atom stereocenters. The van der Waals surface area contributed by atoms with E-state index >= 15 is 0 Å².